The largest absolute Gasteiger partial charge is 0.370 e. The van der Waals surface area contributed by atoms with Gasteiger partial charge in [0.15, 0.2) is 0 Å². The molecule has 0 fully saturated rings. The fourth-order valence-corrected chi connectivity index (χ4v) is 0.795. The molecule has 2 heteroatoms. The lowest BCUT2D eigenvalue weighted by Crippen LogP contribution is -2.11. The zero-order valence-electron chi connectivity index (χ0n) is 6.63. The number of nitrogens with two attached hydrogens (primary N) is 1. The molecule has 0 aliphatic carbocycles. The number of amides is 1. The molecule has 0 heterocycles. The van der Waals surface area contributed by atoms with E-state index in [1.54, 1.807) is 0 Å². The molecule has 0 bridgehead atoms. The van der Waals surface area contributed by atoms with Crippen LogP contribution < -0.4 is 5.73 Å². The Kier molecular flexibility index (Phi) is 4.63. The van der Waals surface area contributed by atoms with E-state index in [1.165, 1.54) is 0 Å². The first-order valence-electron chi connectivity index (χ1n) is 3.58. The quantitative estimate of drug-likeness (QED) is 0.592. The smallest absolute Gasteiger partial charge is 0.217 e. The average Bonchev–Trinajstić information content (AvgIpc) is 1.85. The maximum atomic E-state index is 10.3. The van der Waals surface area contributed by atoms with Crippen molar-refractivity contribution in [2.75, 3.05) is 0 Å². The van der Waals surface area contributed by atoms with Gasteiger partial charge in [-0.25, -0.2) is 0 Å². The van der Waals surface area contributed by atoms with Crippen molar-refractivity contribution in [3.05, 3.63) is 12.2 Å². The van der Waals surface area contributed by atoms with Gasteiger partial charge in [-0.15, -0.1) is 0 Å². The highest BCUT2D eigenvalue weighted by molar-refractivity contribution is 5.73. The average molecular weight is 141 g/mol. The van der Waals surface area contributed by atoms with Crippen LogP contribution in [0.4, 0.5) is 0 Å². The van der Waals surface area contributed by atoms with Gasteiger partial charge in [0.25, 0.3) is 0 Å². The van der Waals surface area contributed by atoms with E-state index < -0.39 is 0 Å². The van der Waals surface area contributed by atoms with Crippen LogP contribution in [0.2, 0.25) is 0 Å². The van der Waals surface area contributed by atoms with Crippen LogP contribution in [-0.2, 0) is 4.79 Å². The summed E-state index contributed by atoms with van der Waals surface area (Å²) >= 11 is 0. The number of carbonyl (C=O) groups excluding carboxylic acids is 1. The maximum Gasteiger partial charge on any atom is 0.217 e. The van der Waals surface area contributed by atoms with Crippen molar-refractivity contribution >= 4 is 5.91 Å². The summed E-state index contributed by atoms with van der Waals surface area (Å²) in [5, 5.41) is 0. The van der Waals surface area contributed by atoms with E-state index >= 15 is 0 Å². The summed E-state index contributed by atoms with van der Waals surface area (Å²) in [7, 11) is 0. The molecule has 58 valence electrons. The number of primary amides is 1. The molecule has 0 aromatic carbocycles. The first kappa shape index (κ1) is 9.21. The molecule has 0 radical (unpaired) electrons. The Bertz CT molecular complexity index is 129. The van der Waals surface area contributed by atoms with E-state index in [4.69, 9.17) is 5.73 Å². The van der Waals surface area contributed by atoms with Crippen LogP contribution in [0.3, 0.4) is 0 Å². The van der Waals surface area contributed by atoms with Gasteiger partial charge in [-0.3, -0.25) is 4.79 Å². The second-order valence-electron chi connectivity index (χ2n) is 2.51. The monoisotopic (exact) mass is 141 g/mol. The lowest BCUT2D eigenvalue weighted by Gasteiger charge is -2.01. The summed E-state index contributed by atoms with van der Waals surface area (Å²) in [6, 6.07) is 0. The molecule has 2 nitrogen and oxygen atoms in total. The van der Waals surface area contributed by atoms with E-state index in [9.17, 15) is 4.79 Å². The highest BCUT2D eigenvalue weighted by atomic mass is 16.1. The van der Waals surface area contributed by atoms with Crippen molar-refractivity contribution in [3.63, 3.8) is 0 Å². The lowest BCUT2D eigenvalue weighted by atomic mass is 10.1. The summed E-state index contributed by atoms with van der Waals surface area (Å²) in [6.07, 6.45) is 5.42. The van der Waals surface area contributed by atoms with Crippen molar-refractivity contribution in [1.29, 1.82) is 0 Å². The van der Waals surface area contributed by atoms with Gasteiger partial charge >= 0.3 is 0 Å². The Hall–Kier alpha value is -0.790. The molecule has 0 aromatic heterocycles. The van der Waals surface area contributed by atoms with Gasteiger partial charge in [-0.2, -0.15) is 0 Å². The lowest BCUT2D eigenvalue weighted by molar-refractivity contribution is -0.118. The predicted octanol–water partition coefficient (Wildman–Crippen LogP) is 1.46. The van der Waals surface area contributed by atoms with E-state index in [2.05, 4.69) is 13.0 Å². The van der Waals surface area contributed by atoms with Crippen LogP contribution in [0.25, 0.3) is 0 Å². The van der Waals surface area contributed by atoms with Crippen molar-refractivity contribution < 1.29 is 4.79 Å². The van der Waals surface area contributed by atoms with Gasteiger partial charge in [0.2, 0.25) is 5.91 Å². The van der Waals surface area contributed by atoms with Gasteiger partial charge in [0.05, 0.1) is 0 Å². The van der Waals surface area contributed by atoms with Crippen LogP contribution in [0.5, 0.6) is 0 Å². The Morgan fingerprint density at radius 3 is 2.70 bits per heavy atom. The van der Waals surface area contributed by atoms with Gasteiger partial charge in [-0.05, 0) is 19.3 Å². The standard InChI is InChI=1S/C8H15NO/c1-3-4-7(2)5-6-8(9)10/h3-4,7H,5-6H2,1-2H3,(H2,9,10)/b4-3+/t7-/m1/s1. The van der Waals surface area contributed by atoms with Crippen molar-refractivity contribution in [2.24, 2.45) is 11.7 Å². The number of rotatable bonds is 4. The fraction of sp³-hybridized carbons (Fsp3) is 0.625. The van der Waals surface area contributed by atoms with E-state index in [0.717, 1.165) is 6.42 Å². The fourth-order valence-electron chi connectivity index (χ4n) is 0.795. The van der Waals surface area contributed by atoms with E-state index in [-0.39, 0.29) is 5.91 Å². The van der Waals surface area contributed by atoms with Gasteiger partial charge in [0, 0.05) is 6.42 Å². The number of allylic oxidation sites excluding steroid dienone is 2. The zero-order valence-corrected chi connectivity index (χ0v) is 6.63. The van der Waals surface area contributed by atoms with E-state index in [0.29, 0.717) is 12.3 Å². The second kappa shape index (κ2) is 5.03. The molecule has 0 saturated carbocycles. The Morgan fingerprint density at radius 2 is 2.30 bits per heavy atom. The minimum atomic E-state index is -0.212. The molecule has 10 heavy (non-hydrogen) atoms. The third kappa shape index (κ3) is 5.35. The number of hydrogen-bond donors (Lipinski definition) is 1. The van der Waals surface area contributed by atoms with Gasteiger partial charge < -0.3 is 5.73 Å². The van der Waals surface area contributed by atoms with E-state index in [1.807, 2.05) is 13.0 Å². The highest BCUT2D eigenvalue weighted by Gasteiger charge is 1.98. The minimum absolute atomic E-state index is 0.212. The molecule has 0 unspecified atom stereocenters. The molecule has 0 aromatic rings. The molecule has 0 spiro atoms. The molecule has 0 aliphatic heterocycles. The van der Waals surface area contributed by atoms with Crippen LogP contribution in [-0.4, -0.2) is 5.91 Å². The Morgan fingerprint density at radius 1 is 1.70 bits per heavy atom. The third-order valence-electron chi connectivity index (χ3n) is 1.37. The minimum Gasteiger partial charge on any atom is -0.370 e. The van der Waals surface area contributed by atoms with Crippen LogP contribution in [0.1, 0.15) is 26.7 Å². The molecule has 0 rings (SSSR count). The van der Waals surface area contributed by atoms with Gasteiger partial charge in [-0.1, -0.05) is 19.1 Å². The van der Waals surface area contributed by atoms with Gasteiger partial charge in [0.1, 0.15) is 0 Å². The molecule has 0 aliphatic rings. The first-order chi connectivity index (χ1) is 4.66. The summed E-state index contributed by atoms with van der Waals surface area (Å²) in [6.45, 7) is 4.05. The Balaban J connectivity index is 3.39. The summed E-state index contributed by atoms with van der Waals surface area (Å²) in [4.78, 5) is 10.3. The molecule has 2 N–H and O–H groups in total. The van der Waals surface area contributed by atoms with Crippen LogP contribution >= 0.6 is 0 Å². The Labute approximate surface area is 62.1 Å². The van der Waals surface area contributed by atoms with Crippen LogP contribution in [0.15, 0.2) is 12.2 Å². The highest BCUT2D eigenvalue weighted by Crippen LogP contribution is 2.05. The van der Waals surface area contributed by atoms with Crippen LogP contribution in [0, 0.1) is 5.92 Å². The summed E-state index contributed by atoms with van der Waals surface area (Å²) < 4.78 is 0. The summed E-state index contributed by atoms with van der Waals surface area (Å²) in [5.74, 6) is 0.258. The van der Waals surface area contributed by atoms with Crippen molar-refractivity contribution in [2.45, 2.75) is 26.7 Å². The zero-order chi connectivity index (χ0) is 7.98. The maximum absolute atomic E-state index is 10.3. The van der Waals surface area contributed by atoms with Crippen molar-refractivity contribution in [3.8, 4) is 0 Å². The van der Waals surface area contributed by atoms with Crippen molar-refractivity contribution in [1.82, 2.24) is 0 Å². The third-order valence-corrected chi connectivity index (χ3v) is 1.37. The molecule has 1 amide bonds. The number of hydrogen-bond acceptors (Lipinski definition) is 1. The number of carbonyl (C=O) groups is 1. The molecule has 0 saturated heterocycles. The normalized spacial score (nSPS) is 13.8. The molecular weight excluding hydrogens is 126 g/mol. The molecule has 1 atom stereocenters. The molecular formula is C8H15NO. The SMILES string of the molecule is C/C=C/[C@@H](C)CCC(N)=O. The predicted molar refractivity (Wildman–Crippen MR) is 42.4 cm³/mol. The summed E-state index contributed by atoms with van der Waals surface area (Å²) in [5.41, 5.74) is 4.97. The first-order valence-corrected chi connectivity index (χ1v) is 3.58. The topological polar surface area (TPSA) is 43.1 Å². The second-order valence-corrected chi connectivity index (χ2v) is 2.51.